The van der Waals surface area contributed by atoms with Crippen LogP contribution in [0.4, 0.5) is 5.69 Å². The van der Waals surface area contributed by atoms with Crippen molar-refractivity contribution >= 4 is 39.1 Å². The highest BCUT2D eigenvalue weighted by Crippen LogP contribution is 2.30. The largest absolute Gasteiger partial charge is 0.325 e. The van der Waals surface area contributed by atoms with Gasteiger partial charge in [0.2, 0.25) is 5.91 Å². The smallest absolute Gasteiger partial charge is 0.228 e. The maximum Gasteiger partial charge on any atom is 0.228 e. The maximum atomic E-state index is 12.0. The van der Waals surface area contributed by atoms with E-state index in [1.165, 1.54) is 0 Å². The monoisotopic (exact) mass is 337 g/mol. The minimum atomic E-state index is -0.0615. The van der Waals surface area contributed by atoms with Crippen LogP contribution in [0.25, 0.3) is 0 Å². The van der Waals surface area contributed by atoms with E-state index in [1.807, 2.05) is 37.3 Å². The number of rotatable bonds is 3. The minimum Gasteiger partial charge on any atom is -0.325 e. The second-order valence-electron chi connectivity index (χ2n) is 4.32. The molecule has 0 unspecified atom stereocenters. The summed E-state index contributed by atoms with van der Waals surface area (Å²) in [5, 5.41) is 3.43. The van der Waals surface area contributed by atoms with Crippen molar-refractivity contribution < 1.29 is 4.79 Å². The van der Waals surface area contributed by atoms with E-state index in [-0.39, 0.29) is 5.91 Å². The van der Waals surface area contributed by atoms with Gasteiger partial charge in [-0.3, -0.25) is 4.79 Å². The summed E-state index contributed by atoms with van der Waals surface area (Å²) in [4.78, 5) is 12.0. The Morgan fingerprint density at radius 3 is 2.74 bits per heavy atom. The van der Waals surface area contributed by atoms with Gasteiger partial charge < -0.3 is 5.32 Å². The molecule has 19 heavy (non-hydrogen) atoms. The summed E-state index contributed by atoms with van der Waals surface area (Å²) in [7, 11) is 0. The molecule has 0 radical (unpaired) electrons. The van der Waals surface area contributed by atoms with E-state index in [2.05, 4.69) is 21.2 Å². The number of nitrogens with one attached hydrogen (secondary N) is 1. The Kier molecular flexibility index (Phi) is 4.61. The topological polar surface area (TPSA) is 29.1 Å². The van der Waals surface area contributed by atoms with Crippen molar-refractivity contribution in [1.29, 1.82) is 0 Å². The van der Waals surface area contributed by atoms with Crippen LogP contribution >= 0.6 is 27.5 Å². The molecule has 1 N–H and O–H groups in total. The van der Waals surface area contributed by atoms with Gasteiger partial charge in [0.05, 0.1) is 21.6 Å². The lowest BCUT2D eigenvalue weighted by atomic mass is 10.1. The predicted molar refractivity (Wildman–Crippen MR) is 82.7 cm³/mol. The van der Waals surface area contributed by atoms with Crippen LogP contribution in [0.15, 0.2) is 46.9 Å². The molecular formula is C15H13BrClNO. The lowest BCUT2D eigenvalue weighted by Gasteiger charge is -2.08. The Morgan fingerprint density at radius 1 is 1.26 bits per heavy atom. The van der Waals surface area contributed by atoms with Gasteiger partial charge in [-0.2, -0.15) is 0 Å². The summed E-state index contributed by atoms with van der Waals surface area (Å²) >= 11 is 9.34. The van der Waals surface area contributed by atoms with Crippen molar-refractivity contribution in [2.45, 2.75) is 13.3 Å². The lowest BCUT2D eigenvalue weighted by molar-refractivity contribution is -0.115. The molecule has 0 aromatic heterocycles. The zero-order valence-corrected chi connectivity index (χ0v) is 12.8. The fourth-order valence-corrected chi connectivity index (χ4v) is 2.34. The molecule has 0 atom stereocenters. The van der Waals surface area contributed by atoms with Gasteiger partial charge in [-0.05, 0) is 40.5 Å². The van der Waals surface area contributed by atoms with Crippen molar-refractivity contribution in [3.63, 3.8) is 0 Å². The first-order valence-corrected chi connectivity index (χ1v) is 7.03. The molecule has 0 heterocycles. The van der Waals surface area contributed by atoms with E-state index >= 15 is 0 Å². The molecule has 98 valence electrons. The zero-order valence-electron chi connectivity index (χ0n) is 10.4. The SMILES string of the molecule is Cc1cccc(CC(=O)Nc2cccc(Cl)c2Br)c1. The van der Waals surface area contributed by atoms with Crippen LogP contribution in [0.5, 0.6) is 0 Å². The molecule has 2 nitrogen and oxygen atoms in total. The van der Waals surface area contributed by atoms with E-state index in [9.17, 15) is 4.79 Å². The van der Waals surface area contributed by atoms with Gasteiger partial charge in [0.25, 0.3) is 0 Å². The van der Waals surface area contributed by atoms with Gasteiger partial charge in [0.15, 0.2) is 0 Å². The first-order valence-electron chi connectivity index (χ1n) is 5.85. The van der Waals surface area contributed by atoms with E-state index < -0.39 is 0 Å². The Balaban J connectivity index is 2.08. The molecule has 0 spiro atoms. The highest BCUT2D eigenvalue weighted by atomic mass is 79.9. The van der Waals surface area contributed by atoms with Crippen molar-refractivity contribution in [3.05, 3.63) is 63.1 Å². The first-order chi connectivity index (χ1) is 9.06. The molecule has 0 aliphatic heterocycles. The highest BCUT2D eigenvalue weighted by molar-refractivity contribution is 9.10. The lowest BCUT2D eigenvalue weighted by Crippen LogP contribution is -2.14. The van der Waals surface area contributed by atoms with Crippen LogP contribution in [0, 0.1) is 6.92 Å². The van der Waals surface area contributed by atoms with Crippen LogP contribution < -0.4 is 5.32 Å². The van der Waals surface area contributed by atoms with E-state index in [0.29, 0.717) is 21.6 Å². The van der Waals surface area contributed by atoms with Gasteiger partial charge in [-0.1, -0.05) is 47.5 Å². The standard InChI is InChI=1S/C15H13BrClNO/c1-10-4-2-5-11(8-10)9-14(19)18-13-7-3-6-12(17)15(13)16/h2-8H,9H2,1H3,(H,18,19). The Bertz CT molecular complexity index is 613. The van der Waals surface area contributed by atoms with Crippen LogP contribution in [-0.2, 0) is 11.2 Å². The van der Waals surface area contributed by atoms with Crippen LogP contribution in [0.2, 0.25) is 5.02 Å². The van der Waals surface area contributed by atoms with Crippen molar-refractivity contribution in [2.75, 3.05) is 5.32 Å². The zero-order chi connectivity index (χ0) is 13.8. The summed E-state index contributed by atoms with van der Waals surface area (Å²) in [5.74, 6) is -0.0615. The molecule has 0 saturated carbocycles. The number of carbonyl (C=O) groups is 1. The van der Waals surface area contributed by atoms with E-state index in [4.69, 9.17) is 11.6 Å². The third kappa shape index (κ3) is 3.82. The molecule has 0 bridgehead atoms. The van der Waals surface area contributed by atoms with Crippen LogP contribution in [0.1, 0.15) is 11.1 Å². The Hall–Kier alpha value is -1.32. The molecule has 2 rings (SSSR count). The van der Waals surface area contributed by atoms with Crippen molar-refractivity contribution in [2.24, 2.45) is 0 Å². The molecule has 1 amide bonds. The quantitative estimate of drug-likeness (QED) is 0.871. The van der Waals surface area contributed by atoms with E-state index in [1.54, 1.807) is 12.1 Å². The summed E-state index contributed by atoms with van der Waals surface area (Å²) in [6, 6.07) is 13.3. The summed E-state index contributed by atoms with van der Waals surface area (Å²) < 4.78 is 0.703. The van der Waals surface area contributed by atoms with Crippen molar-refractivity contribution in [3.8, 4) is 0 Å². The molecule has 0 aliphatic rings. The third-order valence-electron chi connectivity index (χ3n) is 2.67. The molecular weight excluding hydrogens is 326 g/mol. The Morgan fingerprint density at radius 2 is 2.00 bits per heavy atom. The number of carbonyl (C=O) groups excluding carboxylic acids is 1. The number of hydrogen-bond acceptors (Lipinski definition) is 1. The molecule has 2 aromatic rings. The average Bonchev–Trinajstić information content (AvgIpc) is 2.35. The molecule has 0 aliphatic carbocycles. The third-order valence-corrected chi connectivity index (χ3v) is 4.07. The van der Waals surface area contributed by atoms with Gasteiger partial charge in [0, 0.05) is 0 Å². The Labute approximate surface area is 125 Å². The van der Waals surface area contributed by atoms with Crippen LogP contribution in [-0.4, -0.2) is 5.91 Å². The number of hydrogen-bond donors (Lipinski definition) is 1. The number of amides is 1. The average molecular weight is 339 g/mol. The summed E-state index contributed by atoms with van der Waals surface area (Å²) in [6.45, 7) is 2.01. The molecule has 0 saturated heterocycles. The second kappa shape index (κ2) is 6.22. The molecule has 0 fully saturated rings. The molecule has 4 heteroatoms. The van der Waals surface area contributed by atoms with Crippen molar-refractivity contribution in [1.82, 2.24) is 0 Å². The minimum absolute atomic E-state index is 0.0615. The number of benzene rings is 2. The first kappa shape index (κ1) is 14.1. The predicted octanol–water partition coefficient (Wildman–Crippen LogP) is 4.59. The van der Waals surface area contributed by atoms with Gasteiger partial charge >= 0.3 is 0 Å². The fraction of sp³-hybridized carbons (Fsp3) is 0.133. The second-order valence-corrected chi connectivity index (χ2v) is 5.52. The van der Waals surface area contributed by atoms with Crippen LogP contribution in [0.3, 0.4) is 0 Å². The fourth-order valence-electron chi connectivity index (χ4n) is 1.80. The van der Waals surface area contributed by atoms with Gasteiger partial charge in [0.1, 0.15) is 0 Å². The highest BCUT2D eigenvalue weighted by Gasteiger charge is 2.08. The molecule has 2 aromatic carbocycles. The summed E-state index contributed by atoms with van der Waals surface area (Å²) in [6.07, 6.45) is 0.348. The maximum absolute atomic E-state index is 12.0. The van der Waals surface area contributed by atoms with Gasteiger partial charge in [-0.25, -0.2) is 0 Å². The number of anilines is 1. The number of aryl methyl sites for hydroxylation is 1. The van der Waals surface area contributed by atoms with E-state index in [0.717, 1.165) is 11.1 Å². The normalized spacial score (nSPS) is 10.3. The van der Waals surface area contributed by atoms with Gasteiger partial charge in [-0.15, -0.1) is 0 Å². The summed E-state index contributed by atoms with van der Waals surface area (Å²) in [5.41, 5.74) is 2.83. The number of halogens is 2.